The minimum Gasteiger partial charge on any atom is -0.338 e. The van der Waals surface area contributed by atoms with Crippen LogP contribution in [0.15, 0.2) is 4.52 Å². The van der Waals surface area contributed by atoms with Gasteiger partial charge in [0.25, 0.3) is 0 Å². The molecule has 0 N–H and O–H groups in total. The van der Waals surface area contributed by atoms with Crippen molar-refractivity contribution in [3.05, 3.63) is 11.7 Å². The van der Waals surface area contributed by atoms with Crippen molar-refractivity contribution in [2.24, 2.45) is 5.92 Å². The van der Waals surface area contributed by atoms with Crippen LogP contribution in [0, 0.1) is 5.92 Å². The summed E-state index contributed by atoms with van der Waals surface area (Å²) in [7, 11) is 0. The van der Waals surface area contributed by atoms with Gasteiger partial charge in [-0.3, -0.25) is 0 Å². The molecule has 0 saturated heterocycles. The molecule has 1 aliphatic carbocycles. The van der Waals surface area contributed by atoms with Crippen molar-refractivity contribution in [2.45, 2.75) is 38.0 Å². The highest BCUT2D eigenvalue weighted by molar-refractivity contribution is 6.16. The van der Waals surface area contributed by atoms with Crippen LogP contribution in [0.4, 0.5) is 0 Å². The third kappa shape index (κ3) is 1.70. The molecule has 0 radical (unpaired) electrons. The van der Waals surface area contributed by atoms with Crippen LogP contribution in [0.5, 0.6) is 0 Å². The Morgan fingerprint density at radius 1 is 1.54 bits per heavy atom. The van der Waals surface area contributed by atoms with Crippen LogP contribution >= 0.6 is 11.6 Å². The fourth-order valence-corrected chi connectivity index (χ4v) is 2.11. The molecule has 1 fully saturated rings. The van der Waals surface area contributed by atoms with E-state index in [2.05, 4.69) is 17.1 Å². The lowest BCUT2D eigenvalue weighted by atomic mass is 9.98. The van der Waals surface area contributed by atoms with Crippen LogP contribution in [0.1, 0.15) is 43.8 Å². The van der Waals surface area contributed by atoms with Gasteiger partial charge in [0.1, 0.15) is 5.88 Å². The summed E-state index contributed by atoms with van der Waals surface area (Å²) >= 11 is 5.59. The highest BCUT2D eigenvalue weighted by Gasteiger charge is 2.28. The van der Waals surface area contributed by atoms with Crippen molar-refractivity contribution < 1.29 is 4.52 Å². The fourth-order valence-electron chi connectivity index (χ4n) is 2.00. The fraction of sp³-hybridized carbons (Fsp3) is 0.778. The molecule has 1 saturated carbocycles. The van der Waals surface area contributed by atoms with Gasteiger partial charge in [0, 0.05) is 5.92 Å². The first-order valence-electron chi connectivity index (χ1n) is 4.69. The van der Waals surface area contributed by atoms with E-state index in [1.807, 2.05) is 0 Å². The Labute approximate surface area is 82.5 Å². The van der Waals surface area contributed by atoms with E-state index < -0.39 is 0 Å². The van der Waals surface area contributed by atoms with Gasteiger partial charge in [-0.05, 0) is 18.8 Å². The zero-order chi connectivity index (χ0) is 9.26. The standard InChI is InChI=1S/C9H13ClN2O/c1-6-3-2-4-7(6)9-11-8(5-10)13-12-9/h6-7H,2-5H2,1H3. The maximum atomic E-state index is 5.59. The first-order chi connectivity index (χ1) is 6.31. The Hall–Kier alpha value is -0.570. The molecule has 1 aliphatic rings. The molecule has 0 aromatic carbocycles. The highest BCUT2D eigenvalue weighted by Crippen LogP contribution is 2.37. The predicted molar refractivity (Wildman–Crippen MR) is 49.6 cm³/mol. The summed E-state index contributed by atoms with van der Waals surface area (Å²) in [5, 5.41) is 3.95. The highest BCUT2D eigenvalue weighted by atomic mass is 35.5. The first kappa shape index (κ1) is 9.00. The van der Waals surface area contributed by atoms with Crippen LogP contribution < -0.4 is 0 Å². The van der Waals surface area contributed by atoms with E-state index in [-0.39, 0.29) is 0 Å². The first-order valence-corrected chi connectivity index (χ1v) is 5.23. The number of halogens is 1. The molecule has 13 heavy (non-hydrogen) atoms. The second-order valence-corrected chi connectivity index (χ2v) is 3.96. The summed E-state index contributed by atoms with van der Waals surface area (Å²) in [5.74, 6) is 2.87. The number of alkyl halides is 1. The second-order valence-electron chi connectivity index (χ2n) is 3.69. The van der Waals surface area contributed by atoms with E-state index in [0.717, 1.165) is 5.82 Å². The molecule has 2 atom stereocenters. The van der Waals surface area contributed by atoms with Crippen molar-refractivity contribution in [1.29, 1.82) is 0 Å². The van der Waals surface area contributed by atoms with Gasteiger partial charge < -0.3 is 4.52 Å². The molecule has 3 nitrogen and oxygen atoms in total. The molecule has 1 heterocycles. The molecule has 72 valence electrons. The summed E-state index contributed by atoms with van der Waals surface area (Å²) in [6.07, 6.45) is 3.73. The molecule has 1 aromatic rings. The maximum Gasteiger partial charge on any atom is 0.241 e. The van der Waals surface area contributed by atoms with Gasteiger partial charge in [-0.1, -0.05) is 18.5 Å². The maximum absolute atomic E-state index is 5.59. The Morgan fingerprint density at radius 2 is 2.38 bits per heavy atom. The van der Waals surface area contributed by atoms with Gasteiger partial charge in [0.05, 0.1) is 0 Å². The molecule has 1 aromatic heterocycles. The van der Waals surface area contributed by atoms with E-state index >= 15 is 0 Å². The van der Waals surface area contributed by atoms with Crippen LogP contribution in [-0.2, 0) is 5.88 Å². The minimum absolute atomic E-state index is 0.314. The molecular formula is C9H13ClN2O. The molecule has 0 bridgehead atoms. The van der Waals surface area contributed by atoms with Crippen LogP contribution in [0.3, 0.4) is 0 Å². The predicted octanol–water partition coefficient (Wildman–Crippen LogP) is 2.71. The monoisotopic (exact) mass is 200 g/mol. The van der Waals surface area contributed by atoms with E-state index in [0.29, 0.717) is 23.6 Å². The number of hydrogen-bond acceptors (Lipinski definition) is 3. The zero-order valence-electron chi connectivity index (χ0n) is 7.66. The lowest BCUT2D eigenvalue weighted by Gasteiger charge is -2.08. The number of aromatic nitrogens is 2. The second kappa shape index (κ2) is 3.66. The molecule has 4 heteroatoms. The van der Waals surface area contributed by atoms with Crippen molar-refractivity contribution >= 4 is 11.6 Å². The number of rotatable bonds is 2. The Balaban J connectivity index is 2.15. The lowest BCUT2D eigenvalue weighted by Crippen LogP contribution is -2.03. The average Bonchev–Trinajstić information content (AvgIpc) is 2.71. The van der Waals surface area contributed by atoms with Gasteiger partial charge >= 0.3 is 0 Å². The third-order valence-corrected chi connectivity index (χ3v) is 3.02. The number of hydrogen-bond donors (Lipinski definition) is 0. The lowest BCUT2D eigenvalue weighted by molar-refractivity contribution is 0.374. The van der Waals surface area contributed by atoms with Gasteiger partial charge in [-0.2, -0.15) is 4.98 Å². The smallest absolute Gasteiger partial charge is 0.241 e. The van der Waals surface area contributed by atoms with Crippen LogP contribution in [-0.4, -0.2) is 10.1 Å². The molecule has 0 aliphatic heterocycles. The summed E-state index contributed by atoms with van der Waals surface area (Å²) < 4.78 is 4.98. The summed E-state index contributed by atoms with van der Waals surface area (Å²) in [6.45, 7) is 2.24. The van der Waals surface area contributed by atoms with E-state index in [4.69, 9.17) is 16.1 Å². The topological polar surface area (TPSA) is 38.9 Å². The third-order valence-electron chi connectivity index (χ3n) is 2.79. The largest absolute Gasteiger partial charge is 0.338 e. The van der Waals surface area contributed by atoms with E-state index in [1.54, 1.807) is 0 Å². The Bertz CT molecular complexity index is 287. The quantitative estimate of drug-likeness (QED) is 0.690. The average molecular weight is 201 g/mol. The summed E-state index contributed by atoms with van der Waals surface area (Å²) in [5.41, 5.74) is 0. The van der Waals surface area contributed by atoms with Crippen molar-refractivity contribution in [1.82, 2.24) is 10.1 Å². The molecular weight excluding hydrogens is 188 g/mol. The van der Waals surface area contributed by atoms with E-state index in [1.165, 1.54) is 19.3 Å². The summed E-state index contributed by atoms with van der Waals surface area (Å²) in [6, 6.07) is 0. The van der Waals surface area contributed by atoms with Crippen molar-refractivity contribution in [2.75, 3.05) is 0 Å². The molecule has 0 spiro atoms. The van der Waals surface area contributed by atoms with Gasteiger partial charge in [-0.25, -0.2) is 0 Å². The summed E-state index contributed by atoms with van der Waals surface area (Å²) in [4.78, 5) is 4.25. The Kier molecular flexibility index (Phi) is 2.54. The van der Waals surface area contributed by atoms with Gasteiger partial charge in [-0.15, -0.1) is 11.6 Å². The zero-order valence-corrected chi connectivity index (χ0v) is 8.42. The van der Waals surface area contributed by atoms with Crippen molar-refractivity contribution in [3.8, 4) is 0 Å². The SMILES string of the molecule is CC1CCCC1c1noc(CCl)n1. The van der Waals surface area contributed by atoms with Crippen molar-refractivity contribution in [3.63, 3.8) is 0 Å². The van der Waals surface area contributed by atoms with Gasteiger partial charge in [0.15, 0.2) is 5.82 Å². The van der Waals surface area contributed by atoms with Crippen LogP contribution in [0.2, 0.25) is 0 Å². The minimum atomic E-state index is 0.314. The van der Waals surface area contributed by atoms with Crippen LogP contribution in [0.25, 0.3) is 0 Å². The molecule has 2 rings (SSSR count). The number of nitrogens with zero attached hydrogens (tertiary/aromatic N) is 2. The normalized spacial score (nSPS) is 28.2. The Morgan fingerprint density at radius 3 is 2.92 bits per heavy atom. The van der Waals surface area contributed by atoms with Gasteiger partial charge in [0.2, 0.25) is 5.89 Å². The molecule has 2 unspecified atom stereocenters. The van der Waals surface area contributed by atoms with E-state index in [9.17, 15) is 0 Å². The molecule has 0 amide bonds.